The number of carbonyl (C=O) groups is 1. The lowest BCUT2D eigenvalue weighted by molar-refractivity contribution is 0.102. The molecule has 3 nitrogen and oxygen atoms in total. The summed E-state index contributed by atoms with van der Waals surface area (Å²) in [5.41, 5.74) is 4.02. The van der Waals surface area contributed by atoms with E-state index in [2.05, 4.69) is 17.2 Å². The van der Waals surface area contributed by atoms with Crippen LogP contribution in [0.3, 0.4) is 0 Å². The van der Waals surface area contributed by atoms with E-state index < -0.39 is 0 Å². The van der Waals surface area contributed by atoms with E-state index in [1.165, 1.54) is 0 Å². The highest BCUT2D eigenvalue weighted by atomic mass is 16.2. The summed E-state index contributed by atoms with van der Waals surface area (Å²) in [6, 6.07) is 13.1. The Balaban J connectivity index is 2.28. The third-order valence-electron chi connectivity index (χ3n) is 3.03. The Labute approximate surface area is 124 Å². The van der Waals surface area contributed by atoms with Gasteiger partial charge in [0.2, 0.25) is 0 Å². The Kier molecular flexibility index (Phi) is 4.76. The fourth-order valence-electron chi connectivity index (χ4n) is 1.93. The van der Waals surface area contributed by atoms with Crippen LogP contribution in [0.5, 0.6) is 0 Å². The number of anilines is 1. The van der Waals surface area contributed by atoms with Crippen molar-refractivity contribution >= 4 is 11.6 Å². The van der Waals surface area contributed by atoms with Gasteiger partial charge in [-0.05, 0) is 43.7 Å². The molecule has 0 fully saturated rings. The number of benzene rings is 2. The van der Waals surface area contributed by atoms with Crippen LogP contribution in [0.15, 0.2) is 42.5 Å². The van der Waals surface area contributed by atoms with Gasteiger partial charge in [-0.15, -0.1) is 0 Å². The Morgan fingerprint density at radius 3 is 2.43 bits per heavy atom. The van der Waals surface area contributed by atoms with Gasteiger partial charge in [-0.2, -0.15) is 0 Å². The van der Waals surface area contributed by atoms with Crippen LogP contribution < -0.4 is 5.32 Å². The molecule has 21 heavy (non-hydrogen) atoms. The van der Waals surface area contributed by atoms with E-state index in [0.717, 1.165) is 16.8 Å². The first-order chi connectivity index (χ1) is 10.1. The minimum Gasteiger partial charge on any atom is -0.384 e. The van der Waals surface area contributed by atoms with Crippen LogP contribution in [-0.2, 0) is 0 Å². The Hall–Kier alpha value is -2.57. The molecule has 2 N–H and O–H groups in total. The average molecular weight is 279 g/mol. The summed E-state index contributed by atoms with van der Waals surface area (Å²) in [5.74, 6) is 5.20. The lowest BCUT2D eigenvalue weighted by Crippen LogP contribution is -2.13. The van der Waals surface area contributed by atoms with Crippen molar-refractivity contribution in [1.29, 1.82) is 0 Å². The Morgan fingerprint density at radius 1 is 1.10 bits per heavy atom. The lowest BCUT2D eigenvalue weighted by Gasteiger charge is -2.08. The van der Waals surface area contributed by atoms with Gasteiger partial charge in [0.15, 0.2) is 0 Å². The van der Waals surface area contributed by atoms with Crippen LogP contribution in [0.4, 0.5) is 5.69 Å². The van der Waals surface area contributed by atoms with Gasteiger partial charge in [-0.3, -0.25) is 4.79 Å². The maximum atomic E-state index is 12.4. The average Bonchev–Trinajstić information content (AvgIpc) is 2.47. The quantitative estimate of drug-likeness (QED) is 0.830. The highest BCUT2D eigenvalue weighted by Gasteiger charge is 2.10. The normalized spacial score (nSPS) is 9.67. The number of hydrogen-bond acceptors (Lipinski definition) is 2. The molecule has 0 aliphatic carbocycles. The molecular formula is C18H17NO2. The number of aliphatic hydroxyl groups excluding tert-OH is 1. The monoisotopic (exact) mass is 279 g/mol. The van der Waals surface area contributed by atoms with Crippen molar-refractivity contribution in [2.75, 3.05) is 11.9 Å². The highest BCUT2D eigenvalue weighted by molar-refractivity contribution is 6.06. The van der Waals surface area contributed by atoms with Crippen molar-refractivity contribution in [2.24, 2.45) is 0 Å². The van der Waals surface area contributed by atoms with Crippen molar-refractivity contribution in [3.05, 3.63) is 64.7 Å². The fourth-order valence-corrected chi connectivity index (χ4v) is 1.93. The van der Waals surface area contributed by atoms with E-state index in [1.54, 1.807) is 6.07 Å². The molecule has 0 aliphatic heterocycles. The molecule has 0 atom stereocenters. The van der Waals surface area contributed by atoms with Gasteiger partial charge < -0.3 is 10.4 Å². The number of aryl methyl sites for hydroxylation is 2. The minimum atomic E-state index is -0.229. The van der Waals surface area contributed by atoms with Crippen LogP contribution >= 0.6 is 0 Å². The minimum absolute atomic E-state index is 0.207. The second kappa shape index (κ2) is 6.74. The third kappa shape index (κ3) is 3.95. The molecular weight excluding hydrogens is 262 g/mol. The third-order valence-corrected chi connectivity index (χ3v) is 3.03. The van der Waals surface area contributed by atoms with E-state index in [0.29, 0.717) is 11.1 Å². The number of amides is 1. The summed E-state index contributed by atoms with van der Waals surface area (Å²) in [5, 5.41) is 11.7. The molecule has 0 radical (unpaired) electrons. The van der Waals surface area contributed by atoms with Gasteiger partial charge in [0.05, 0.1) is 5.56 Å². The Bertz CT molecular complexity index is 706. The molecule has 2 aromatic rings. The first kappa shape index (κ1) is 14.8. The highest BCUT2D eigenvalue weighted by Crippen LogP contribution is 2.15. The van der Waals surface area contributed by atoms with Crippen molar-refractivity contribution in [2.45, 2.75) is 13.8 Å². The van der Waals surface area contributed by atoms with E-state index in [9.17, 15) is 4.79 Å². The number of rotatable bonds is 2. The SMILES string of the molecule is Cc1ccc(NC(=O)c2ccc(C)cc2C#CCO)cc1. The molecule has 0 aliphatic rings. The number of hydrogen-bond donors (Lipinski definition) is 2. The van der Waals surface area contributed by atoms with Crippen molar-refractivity contribution < 1.29 is 9.90 Å². The second-order valence-corrected chi connectivity index (χ2v) is 4.83. The molecule has 0 saturated carbocycles. The van der Waals surface area contributed by atoms with Crippen molar-refractivity contribution in [1.82, 2.24) is 0 Å². The van der Waals surface area contributed by atoms with Gasteiger partial charge in [0.25, 0.3) is 5.91 Å². The zero-order valence-electron chi connectivity index (χ0n) is 12.1. The molecule has 3 heteroatoms. The number of carbonyl (C=O) groups excluding carboxylic acids is 1. The van der Waals surface area contributed by atoms with E-state index in [1.807, 2.05) is 50.2 Å². The topological polar surface area (TPSA) is 49.3 Å². The molecule has 1 amide bonds. The first-order valence-corrected chi connectivity index (χ1v) is 6.68. The lowest BCUT2D eigenvalue weighted by atomic mass is 10.0. The van der Waals surface area contributed by atoms with Crippen LogP contribution in [0.25, 0.3) is 0 Å². The second-order valence-electron chi connectivity index (χ2n) is 4.83. The van der Waals surface area contributed by atoms with Gasteiger partial charge in [0.1, 0.15) is 6.61 Å². The molecule has 0 heterocycles. The van der Waals surface area contributed by atoms with Gasteiger partial charge in [-0.25, -0.2) is 0 Å². The largest absolute Gasteiger partial charge is 0.384 e. The van der Waals surface area contributed by atoms with Crippen LogP contribution in [0, 0.1) is 25.7 Å². The smallest absolute Gasteiger partial charge is 0.256 e. The predicted octanol–water partition coefficient (Wildman–Crippen LogP) is 2.90. The van der Waals surface area contributed by atoms with Crippen molar-refractivity contribution in [3.63, 3.8) is 0 Å². The summed E-state index contributed by atoms with van der Waals surface area (Å²) >= 11 is 0. The van der Waals surface area contributed by atoms with Gasteiger partial charge in [0, 0.05) is 11.3 Å². The van der Waals surface area contributed by atoms with Gasteiger partial charge >= 0.3 is 0 Å². The summed E-state index contributed by atoms with van der Waals surface area (Å²) in [4.78, 5) is 12.4. The number of nitrogens with one attached hydrogen (secondary N) is 1. The summed E-state index contributed by atoms with van der Waals surface area (Å²) in [6.07, 6.45) is 0. The van der Waals surface area contributed by atoms with Crippen LogP contribution in [0.2, 0.25) is 0 Å². The zero-order valence-corrected chi connectivity index (χ0v) is 12.1. The zero-order chi connectivity index (χ0) is 15.2. The van der Waals surface area contributed by atoms with E-state index in [-0.39, 0.29) is 12.5 Å². The maximum absolute atomic E-state index is 12.4. The fraction of sp³-hybridized carbons (Fsp3) is 0.167. The van der Waals surface area contributed by atoms with Gasteiger partial charge in [-0.1, -0.05) is 35.6 Å². The molecule has 0 saturated heterocycles. The van der Waals surface area contributed by atoms with Crippen LogP contribution in [0.1, 0.15) is 27.0 Å². The van der Waals surface area contributed by atoms with E-state index >= 15 is 0 Å². The molecule has 0 spiro atoms. The van der Waals surface area contributed by atoms with E-state index in [4.69, 9.17) is 5.11 Å². The predicted molar refractivity (Wildman–Crippen MR) is 84.3 cm³/mol. The van der Waals surface area contributed by atoms with Crippen LogP contribution in [-0.4, -0.2) is 17.6 Å². The summed E-state index contributed by atoms with van der Waals surface area (Å²) in [6.45, 7) is 3.70. The summed E-state index contributed by atoms with van der Waals surface area (Å²) in [7, 11) is 0. The molecule has 0 bridgehead atoms. The van der Waals surface area contributed by atoms with Crippen molar-refractivity contribution in [3.8, 4) is 11.8 Å². The molecule has 0 unspecified atom stereocenters. The Morgan fingerprint density at radius 2 is 1.76 bits per heavy atom. The standard InChI is InChI=1S/C18H17NO2/c1-13-5-8-16(9-6-13)19-18(21)17-10-7-14(2)12-15(17)4-3-11-20/h5-10,12,20H,11H2,1-2H3,(H,19,21). The maximum Gasteiger partial charge on any atom is 0.256 e. The molecule has 2 aromatic carbocycles. The molecule has 106 valence electrons. The molecule has 0 aromatic heterocycles. The summed E-state index contributed by atoms with van der Waals surface area (Å²) < 4.78 is 0. The molecule has 2 rings (SSSR count). The first-order valence-electron chi connectivity index (χ1n) is 6.68. The number of aliphatic hydroxyl groups is 1.